The second-order valence-electron chi connectivity index (χ2n) is 9.58. The van der Waals surface area contributed by atoms with Crippen molar-refractivity contribution < 1.29 is 28.2 Å². The maximum Gasteiger partial charge on any atom is 0.413 e. The van der Waals surface area contributed by atoms with Crippen LogP contribution in [0.4, 0.5) is 19.4 Å². The zero-order valence-corrected chi connectivity index (χ0v) is 20.9. The molecular formula is C30H26F2N2O4. The summed E-state index contributed by atoms with van der Waals surface area (Å²) in [5.74, 6) is -1.45. The summed E-state index contributed by atoms with van der Waals surface area (Å²) in [5.41, 5.74) is 3.25. The van der Waals surface area contributed by atoms with Crippen LogP contribution in [0, 0.1) is 11.6 Å². The van der Waals surface area contributed by atoms with Gasteiger partial charge in [0.15, 0.2) is 5.82 Å². The van der Waals surface area contributed by atoms with E-state index in [1.54, 1.807) is 26.1 Å². The van der Waals surface area contributed by atoms with Gasteiger partial charge in [0.2, 0.25) is 0 Å². The highest BCUT2D eigenvalue weighted by Gasteiger charge is 2.51. The van der Waals surface area contributed by atoms with Gasteiger partial charge in [-0.1, -0.05) is 60.7 Å². The zero-order valence-electron chi connectivity index (χ0n) is 20.9. The van der Waals surface area contributed by atoms with Crippen LogP contribution in [-0.2, 0) is 22.0 Å². The molecule has 2 N–H and O–H groups in total. The van der Waals surface area contributed by atoms with Crippen LogP contribution in [-0.4, -0.2) is 21.7 Å². The summed E-state index contributed by atoms with van der Waals surface area (Å²) in [5, 5.41) is 12.1. The Labute approximate surface area is 218 Å². The summed E-state index contributed by atoms with van der Waals surface area (Å²) in [6.07, 6.45) is 1.16. The van der Waals surface area contributed by atoms with Gasteiger partial charge in [0.25, 0.3) is 0 Å². The molecule has 4 aromatic rings. The van der Waals surface area contributed by atoms with E-state index in [1.807, 2.05) is 36.4 Å². The van der Waals surface area contributed by atoms with Crippen LogP contribution in [0.1, 0.15) is 37.0 Å². The number of hydrogen-bond acceptors (Lipinski definition) is 3. The summed E-state index contributed by atoms with van der Waals surface area (Å²) in [4.78, 5) is 24.2. The van der Waals surface area contributed by atoms with Gasteiger partial charge >= 0.3 is 12.1 Å². The van der Waals surface area contributed by atoms with E-state index in [2.05, 4.69) is 5.32 Å². The van der Waals surface area contributed by atoms with E-state index in [9.17, 15) is 23.5 Å². The Kier molecular flexibility index (Phi) is 6.48. The molecule has 1 heterocycles. The van der Waals surface area contributed by atoms with Gasteiger partial charge in [-0.15, -0.1) is 0 Å². The Balaban J connectivity index is 1.33. The number of rotatable bonds is 7. The van der Waals surface area contributed by atoms with E-state index in [1.165, 1.54) is 35.0 Å². The number of aromatic nitrogens is 1. The van der Waals surface area contributed by atoms with Gasteiger partial charge in [-0.05, 0) is 59.7 Å². The quantitative estimate of drug-likeness (QED) is 0.276. The normalized spacial score (nSPS) is 14.5. The number of aliphatic carboxylic acids is 1. The van der Waals surface area contributed by atoms with Crippen molar-refractivity contribution in [2.24, 2.45) is 7.05 Å². The summed E-state index contributed by atoms with van der Waals surface area (Å²) in [7, 11) is 1.62. The molecule has 5 rings (SSSR count). The average Bonchev–Trinajstić information content (AvgIpc) is 3.67. The molecule has 6 nitrogen and oxygen atoms in total. The molecule has 0 radical (unpaired) electrons. The number of nitrogens with one attached hydrogen (secondary N) is 1. The third-order valence-electron chi connectivity index (χ3n) is 7.08. The molecule has 0 unspecified atom stereocenters. The number of halogens is 2. The third kappa shape index (κ3) is 4.77. The monoisotopic (exact) mass is 516 g/mol. The molecule has 8 heteroatoms. The van der Waals surface area contributed by atoms with Crippen LogP contribution in [0.25, 0.3) is 22.3 Å². The minimum absolute atomic E-state index is 0.220. The van der Waals surface area contributed by atoms with Gasteiger partial charge < -0.3 is 14.4 Å². The topological polar surface area (TPSA) is 80.6 Å². The molecule has 1 aromatic heterocycles. The highest BCUT2D eigenvalue weighted by molar-refractivity contribution is 5.91. The lowest BCUT2D eigenvalue weighted by Gasteiger charge is -2.16. The first kappa shape index (κ1) is 25.2. The fourth-order valence-corrected chi connectivity index (χ4v) is 4.66. The molecule has 1 amide bonds. The van der Waals surface area contributed by atoms with E-state index in [0.717, 1.165) is 16.7 Å². The fraction of sp³-hybridized carbons (Fsp3) is 0.200. The SMILES string of the molecule is C[C@@H](OC(=O)Nc1c(-c2ccc(-c3ccc(C4(C(=O)O)CC4)cc3)cc2)c(F)cn1C)c1ccc(F)cc1. The summed E-state index contributed by atoms with van der Waals surface area (Å²) in [6.45, 7) is 1.66. The number of ether oxygens (including phenoxy) is 1. The van der Waals surface area contributed by atoms with Crippen LogP contribution in [0.3, 0.4) is 0 Å². The summed E-state index contributed by atoms with van der Waals surface area (Å²) in [6, 6.07) is 20.3. The highest BCUT2D eigenvalue weighted by atomic mass is 19.1. The van der Waals surface area contributed by atoms with Crippen molar-refractivity contribution in [3.05, 3.63) is 102 Å². The lowest BCUT2D eigenvalue weighted by molar-refractivity contribution is -0.140. The van der Waals surface area contributed by atoms with E-state index in [0.29, 0.717) is 24.0 Å². The fourth-order valence-electron chi connectivity index (χ4n) is 4.66. The minimum atomic E-state index is -0.794. The minimum Gasteiger partial charge on any atom is -0.481 e. The Hall–Kier alpha value is -4.46. The van der Waals surface area contributed by atoms with Gasteiger partial charge in [-0.3, -0.25) is 10.1 Å². The maximum atomic E-state index is 14.9. The number of aryl methyl sites for hydroxylation is 1. The van der Waals surface area contributed by atoms with Crippen molar-refractivity contribution in [1.82, 2.24) is 4.57 Å². The van der Waals surface area contributed by atoms with Crippen molar-refractivity contribution in [3.8, 4) is 22.3 Å². The Bertz CT molecular complexity index is 1490. The van der Waals surface area contributed by atoms with Gasteiger partial charge in [-0.2, -0.15) is 0 Å². The standard InChI is InChI=1S/C30H26F2N2O4/c1-18(19-9-13-24(31)14-10-19)38-29(37)33-27-26(25(32)17-34(27)2)22-5-3-20(4-6-22)21-7-11-23(12-8-21)30(15-16-30)28(35)36/h3-14,17-18H,15-16H2,1-2H3,(H,33,37)(H,35,36)/t18-/m1/s1. The third-order valence-corrected chi connectivity index (χ3v) is 7.08. The number of nitrogens with zero attached hydrogens (tertiary/aromatic N) is 1. The van der Waals surface area contributed by atoms with Crippen molar-refractivity contribution in [2.45, 2.75) is 31.3 Å². The number of carbonyl (C=O) groups is 2. The molecule has 1 atom stereocenters. The van der Waals surface area contributed by atoms with E-state index in [-0.39, 0.29) is 17.2 Å². The molecule has 194 valence electrons. The van der Waals surface area contributed by atoms with Crippen LogP contribution < -0.4 is 5.32 Å². The predicted octanol–water partition coefficient (Wildman–Crippen LogP) is 7.06. The number of carboxylic acids is 1. The number of hydrogen-bond donors (Lipinski definition) is 2. The van der Waals surface area contributed by atoms with Gasteiger partial charge in [0.1, 0.15) is 17.7 Å². The number of amides is 1. The van der Waals surface area contributed by atoms with Gasteiger partial charge in [0, 0.05) is 13.2 Å². The van der Waals surface area contributed by atoms with Crippen molar-refractivity contribution >= 4 is 17.9 Å². The molecule has 38 heavy (non-hydrogen) atoms. The van der Waals surface area contributed by atoms with Gasteiger partial charge in [0.05, 0.1) is 11.0 Å². The Morgan fingerprint density at radius 1 is 0.921 bits per heavy atom. The van der Waals surface area contributed by atoms with E-state index in [4.69, 9.17) is 4.74 Å². The second-order valence-corrected chi connectivity index (χ2v) is 9.58. The van der Waals surface area contributed by atoms with Gasteiger partial charge in [-0.25, -0.2) is 13.6 Å². The summed E-state index contributed by atoms with van der Waals surface area (Å²) >= 11 is 0. The molecule has 0 bridgehead atoms. The predicted molar refractivity (Wildman–Crippen MR) is 140 cm³/mol. The number of anilines is 1. The molecule has 3 aromatic carbocycles. The van der Waals surface area contributed by atoms with E-state index >= 15 is 0 Å². The highest BCUT2D eigenvalue weighted by Crippen LogP contribution is 2.48. The lowest BCUT2D eigenvalue weighted by atomic mass is 9.93. The molecule has 0 spiro atoms. The Morgan fingerprint density at radius 3 is 2.03 bits per heavy atom. The molecule has 1 saturated carbocycles. The van der Waals surface area contributed by atoms with Crippen molar-refractivity contribution in [2.75, 3.05) is 5.32 Å². The molecule has 1 fully saturated rings. The summed E-state index contributed by atoms with van der Waals surface area (Å²) < 4.78 is 35.0. The van der Waals surface area contributed by atoms with Crippen LogP contribution >= 0.6 is 0 Å². The molecule has 0 saturated heterocycles. The molecule has 1 aliphatic rings. The lowest BCUT2D eigenvalue weighted by Crippen LogP contribution is -2.19. The molecular weight excluding hydrogens is 490 g/mol. The first-order chi connectivity index (χ1) is 18.2. The molecule has 1 aliphatic carbocycles. The van der Waals surface area contributed by atoms with Crippen LogP contribution in [0.15, 0.2) is 79.0 Å². The Morgan fingerprint density at radius 2 is 1.47 bits per heavy atom. The number of benzene rings is 3. The van der Waals surface area contributed by atoms with E-state index < -0.39 is 29.4 Å². The average molecular weight is 517 g/mol. The number of carbonyl (C=O) groups excluding carboxylic acids is 1. The molecule has 0 aliphatic heterocycles. The zero-order chi connectivity index (χ0) is 27.0. The number of carboxylic acid groups (broad SMARTS) is 1. The van der Waals surface area contributed by atoms with Crippen molar-refractivity contribution in [3.63, 3.8) is 0 Å². The first-order valence-corrected chi connectivity index (χ1v) is 12.2. The first-order valence-electron chi connectivity index (χ1n) is 12.2. The second kappa shape index (κ2) is 9.78. The van der Waals surface area contributed by atoms with Crippen LogP contribution in [0.5, 0.6) is 0 Å². The van der Waals surface area contributed by atoms with Crippen molar-refractivity contribution in [1.29, 1.82) is 0 Å². The smallest absolute Gasteiger partial charge is 0.413 e. The van der Waals surface area contributed by atoms with Crippen LogP contribution in [0.2, 0.25) is 0 Å². The largest absolute Gasteiger partial charge is 0.481 e. The maximum absolute atomic E-state index is 14.9.